The van der Waals surface area contributed by atoms with Gasteiger partial charge in [0.25, 0.3) is 11.8 Å². The number of thiazole rings is 1. The van der Waals surface area contributed by atoms with E-state index in [1.807, 2.05) is 54.6 Å². The van der Waals surface area contributed by atoms with E-state index >= 15 is 0 Å². The monoisotopic (exact) mass is 580 g/mol. The topological polar surface area (TPSA) is 113 Å². The lowest BCUT2D eigenvalue weighted by atomic mass is 10.2. The van der Waals surface area contributed by atoms with Crippen molar-refractivity contribution in [2.24, 2.45) is 0 Å². The van der Waals surface area contributed by atoms with E-state index in [1.165, 1.54) is 29.2 Å². The van der Waals surface area contributed by atoms with Crippen molar-refractivity contribution in [2.75, 3.05) is 16.4 Å². The molecule has 41 heavy (non-hydrogen) atoms. The predicted molar refractivity (Wildman–Crippen MR) is 163 cm³/mol. The number of hydrogen-bond acceptors (Lipinski definition) is 7. The highest BCUT2D eigenvalue weighted by Crippen LogP contribution is 2.24. The number of nitrogens with zero attached hydrogens (tertiary/aromatic N) is 1. The Labute approximate surface area is 244 Å². The molecular formula is C31H24N4O4S2. The van der Waals surface area contributed by atoms with Crippen LogP contribution < -0.4 is 16.0 Å². The first-order chi connectivity index (χ1) is 20.0. The summed E-state index contributed by atoms with van der Waals surface area (Å²) >= 11 is 2.72. The average Bonchev–Trinajstić information content (AvgIpc) is 3.70. The highest BCUT2D eigenvalue weighted by atomic mass is 32.2. The van der Waals surface area contributed by atoms with Gasteiger partial charge in [-0.2, -0.15) is 0 Å². The third kappa shape index (κ3) is 7.81. The number of aromatic nitrogens is 1. The molecule has 5 rings (SSSR count). The molecule has 0 saturated heterocycles. The SMILES string of the molecule is O=C(CSc1ccc(NC(=O)C(=Cc2ccc(-c3ccccc3)o2)NC(=O)c2ccccc2)cc1)Nc1nccs1. The van der Waals surface area contributed by atoms with Crippen LogP contribution in [0.25, 0.3) is 17.4 Å². The summed E-state index contributed by atoms with van der Waals surface area (Å²) in [6.45, 7) is 0. The van der Waals surface area contributed by atoms with Gasteiger partial charge in [-0.15, -0.1) is 23.1 Å². The molecule has 3 aromatic carbocycles. The fourth-order valence-corrected chi connectivity index (χ4v) is 4.94. The molecule has 3 N–H and O–H groups in total. The molecule has 0 aliphatic rings. The molecule has 0 aliphatic carbocycles. The van der Waals surface area contributed by atoms with Gasteiger partial charge in [-0.3, -0.25) is 14.4 Å². The lowest BCUT2D eigenvalue weighted by Gasteiger charge is -2.11. The van der Waals surface area contributed by atoms with Gasteiger partial charge < -0.3 is 20.4 Å². The van der Waals surface area contributed by atoms with Crippen LogP contribution in [0.1, 0.15) is 16.1 Å². The van der Waals surface area contributed by atoms with Crippen molar-refractivity contribution < 1.29 is 18.8 Å². The van der Waals surface area contributed by atoms with Gasteiger partial charge in [0.15, 0.2) is 5.13 Å². The number of anilines is 2. The Morgan fingerprint density at radius 3 is 2.29 bits per heavy atom. The fraction of sp³-hybridized carbons (Fsp3) is 0.0323. The maximum Gasteiger partial charge on any atom is 0.272 e. The molecule has 0 aliphatic heterocycles. The van der Waals surface area contributed by atoms with Gasteiger partial charge in [0.1, 0.15) is 17.2 Å². The van der Waals surface area contributed by atoms with E-state index in [0.717, 1.165) is 10.5 Å². The molecule has 0 radical (unpaired) electrons. The molecule has 0 fully saturated rings. The van der Waals surface area contributed by atoms with E-state index in [0.29, 0.717) is 27.9 Å². The largest absolute Gasteiger partial charge is 0.457 e. The number of nitrogens with one attached hydrogen (secondary N) is 3. The van der Waals surface area contributed by atoms with Crippen molar-refractivity contribution in [3.8, 4) is 11.3 Å². The Morgan fingerprint density at radius 1 is 0.854 bits per heavy atom. The zero-order chi connectivity index (χ0) is 28.4. The smallest absolute Gasteiger partial charge is 0.272 e. The molecule has 0 spiro atoms. The Hall–Kier alpha value is -4.93. The van der Waals surface area contributed by atoms with Crippen LogP contribution in [0.15, 0.2) is 124 Å². The first-order valence-corrected chi connectivity index (χ1v) is 14.4. The minimum atomic E-state index is -0.518. The minimum absolute atomic E-state index is 0.0186. The molecule has 0 saturated carbocycles. The second-order valence-electron chi connectivity index (χ2n) is 8.60. The summed E-state index contributed by atoms with van der Waals surface area (Å²) in [6.07, 6.45) is 3.12. The van der Waals surface area contributed by atoms with Crippen molar-refractivity contribution >= 4 is 57.7 Å². The Morgan fingerprint density at radius 2 is 1.59 bits per heavy atom. The second-order valence-corrected chi connectivity index (χ2v) is 10.5. The molecule has 2 heterocycles. The third-order valence-electron chi connectivity index (χ3n) is 5.66. The van der Waals surface area contributed by atoms with Crippen LogP contribution in [0.3, 0.4) is 0 Å². The number of hydrogen-bond donors (Lipinski definition) is 3. The molecule has 5 aromatic rings. The van der Waals surface area contributed by atoms with Crippen molar-refractivity contribution in [2.45, 2.75) is 4.90 Å². The number of carbonyl (C=O) groups excluding carboxylic acids is 3. The normalized spacial score (nSPS) is 11.1. The van der Waals surface area contributed by atoms with E-state index in [4.69, 9.17) is 4.42 Å². The van der Waals surface area contributed by atoms with Gasteiger partial charge in [-0.25, -0.2) is 4.98 Å². The lowest BCUT2D eigenvalue weighted by Crippen LogP contribution is -2.30. The third-order valence-corrected chi connectivity index (χ3v) is 7.36. The van der Waals surface area contributed by atoms with E-state index in [9.17, 15) is 14.4 Å². The molecule has 0 unspecified atom stereocenters. The van der Waals surface area contributed by atoms with E-state index in [-0.39, 0.29) is 17.4 Å². The van der Waals surface area contributed by atoms with Gasteiger partial charge in [0.05, 0.1) is 5.75 Å². The fourth-order valence-electron chi connectivity index (χ4n) is 3.69. The first kappa shape index (κ1) is 27.6. The maximum atomic E-state index is 13.3. The summed E-state index contributed by atoms with van der Waals surface area (Å²) < 4.78 is 5.94. The zero-order valence-corrected chi connectivity index (χ0v) is 23.2. The van der Waals surface area contributed by atoms with E-state index in [1.54, 1.807) is 54.0 Å². The van der Waals surface area contributed by atoms with Crippen molar-refractivity contribution in [3.05, 3.63) is 126 Å². The lowest BCUT2D eigenvalue weighted by molar-refractivity contribution is -0.114. The van der Waals surface area contributed by atoms with Crippen LogP contribution in [0.5, 0.6) is 0 Å². The summed E-state index contributed by atoms with van der Waals surface area (Å²) in [6, 6.07) is 28.8. The Kier molecular flexibility index (Phi) is 9.05. The van der Waals surface area contributed by atoms with Gasteiger partial charge in [-0.1, -0.05) is 48.5 Å². The van der Waals surface area contributed by atoms with Gasteiger partial charge in [0, 0.05) is 39.4 Å². The number of carbonyl (C=O) groups is 3. The van der Waals surface area contributed by atoms with Crippen LogP contribution in [0, 0.1) is 0 Å². The molecule has 2 aromatic heterocycles. The van der Waals surface area contributed by atoms with Crippen LogP contribution >= 0.6 is 23.1 Å². The van der Waals surface area contributed by atoms with Gasteiger partial charge in [0.2, 0.25) is 5.91 Å². The van der Waals surface area contributed by atoms with Crippen molar-refractivity contribution in [1.29, 1.82) is 0 Å². The highest BCUT2D eigenvalue weighted by Gasteiger charge is 2.16. The molecule has 10 heteroatoms. The molecule has 0 bridgehead atoms. The summed E-state index contributed by atoms with van der Waals surface area (Å²) in [5, 5.41) is 10.6. The summed E-state index contributed by atoms with van der Waals surface area (Å²) in [7, 11) is 0. The average molecular weight is 581 g/mol. The quantitative estimate of drug-likeness (QED) is 0.128. The van der Waals surface area contributed by atoms with Crippen LogP contribution in [0.4, 0.5) is 10.8 Å². The highest BCUT2D eigenvalue weighted by molar-refractivity contribution is 8.00. The van der Waals surface area contributed by atoms with Crippen LogP contribution in [-0.4, -0.2) is 28.5 Å². The minimum Gasteiger partial charge on any atom is -0.457 e. The summed E-state index contributed by atoms with van der Waals surface area (Å²) in [5.74, 6) is 0.168. The predicted octanol–water partition coefficient (Wildman–Crippen LogP) is 6.54. The van der Waals surface area contributed by atoms with E-state index in [2.05, 4.69) is 20.9 Å². The van der Waals surface area contributed by atoms with E-state index < -0.39 is 11.8 Å². The van der Waals surface area contributed by atoms with Gasteiger partial charge >= 0.3 is 0 Å². The molecule has 8 nitrogen and oxygen atoms in total. The second kappa shape index (κ2) is 13.4. The number of furan rings is 1. The van der Waals surface area contributed by atoms with Gasteiger partial charge in [-0.05, 0) is 48.5 Å². The maximum absolute atomic E-state index is 13.3. The summed E-state index contributed by atoms with van der Waals surface area (Å²) in [4.78, 5) is 43.2. The molecular weight excluding hydrogens is 556 g/mol. The first-order valence-electron chi connectivity index (χ1n) is 12.5. The van der Waals surface area contributed by atoms with Crippen molar-refractivity contribution in [3.63, 3.8) is 0 Å². The standard InChI is InChI=1S/C31H24N4O4S2/c36-28(35-31-32-17-18-40-31)20-41-25-14-11-23(12-15-25)33-30(38)26(34-29(37)22-9-5-2-6-10-22)19-24-13-16-27(39-24)21-7-3-1-4-8-21/h1-19H,20H2,(H,33,38)(H,34,37)(H,32,35,36). The Bertz CT molecular complexity index is 1650. The number of benzene rings is 3. The van der Waals surface area contributed by atoms with Crippen LogP contribution in [-0.2, 0) is 9.59 Å². The molecule has 204 valence electrons. The number of amides is 3. The molecule has 3 amide bonds. The van der Waals surface area contributed by atoms with Crippen molar-refractivity contribution in [1.82, 2.24) is 10.3 Å². The number of rotatable bonds is 10. The molecule has 0 atom stereocenters. The van der Waals surface area contributed by atoms with Crippen LogP contribution in [0.2, 0.25) is 0 Å². The number of thioether (sulfide) groups is 1. The zero-order valence-electron chi connectivity index (χ0n) is 21.6. The Balaban J connectivity index is 1.28. The summed E-state index contributed by atoms with van der Waals surface area (Å²) in [5.41, 5.74) is 1.85.